The number of unbranched alkanes of at least 4 members (excludes halogenated alkanes) is 4. The van der Waals surface area contributed by atoms with E-state index in [1.807, 2.05) is 0 Å². The van der Waals surface area contributed by atoms with Crippen LogP contribution in [0.2, 0.25) is 0 Å². The predicted octanol–water partition coefficient (Wildman–Crippen LogP) is 3.53. The third-order valence-electron chi connectivity index (χ3n) is 14.7. The van der Waals surface area contributed by atoms with E-state index in [9.17, 15) is 47.9 Å². The van der Waals surface area contributed by atoms with Gasteiger partial charge in [-0.15, -0.1) is 0 Å². The summed E-state index contributed by atoms with van der Waals surface area (Å²) in [6, 6.07) is 14.4. The molecule has 478 valence electrons. The number of benzene rings is 4. The molecule has 0 spiro atoms. The largest absolute Gasteiger partial charge is 0.496 e. The second kappa shape index (κ2) is 37.9. The summed E-state index contributed by atoms with van der Waals surface area (Å²) in [7, 11) is 5.50. The van der Waals surface area contributed by atoms with Gasteiger partial charge in [0.25, 0.3) is 23.6 Å². The van der Waals surface area contributed by atoms with E-state index in [2.05, 4.69) is 21.3 Å². The molecule has 4 atom stereocenters. The number of ketones is 4. The number of aliphatic carboxylic acids is 1. The molecule has 4 rings (SSSR count). The van der Waals surface area contributed by atoms with E-state index < -0.39 is 77.7 Å². The fraction of sp³-hybridized carbons (Fsp3) is 0.469. The lowest BCUT2D eigenvalue weighted by Gasteiger charge is -2.21. The normalized spacial score (nSPS) is 12.3. The number of methoxy groups -OCH3 is 4. The number of nitrogens with two attached hydrogens (primary N) is 5. The number of rotatable bonds is 43. The van der Waals surface area contributed by atoms with Crippen LogP contribution >= 0.6 is 0 Å². The molecule has 0 unspecified atom stereocenters. The van der Waals surface area contributed by atoms with Crippen LogP contribution in [-0.2, 0) is 54.5 Å². The van der Waals surface area contributed by atoms with Gasteiger partial charge in [0.15, 0.2) is 23.1 Å². The Kier molecular flexibility index (Phi) is 30.9. The molecule has 15 N–H and O–H groups in total. The lowest BCUT2D eigenvalue weighted by atomic mass is 9.95. The van der Waals surface area contributed by atoms with Gasteiger partial charge in [0.05, 0.1) is 81.3 Å². The fourth-order valence-electron chi connectivity index (χ4n) is 9.90. The average Bonchev–Trinajstić information content (AvgIpc) is 1.79. The lowest BCUT2D eigenvalue weighted by molar-refractivity contribution is -0.139. The smallest absolute Gasteiger partial charge is 0.303 e. The molecule has 0 saturated heterocycles. The Hall–Kier alpha value is -8.58. The van der Waals surface area contributed by atoms with Crippen LogP contribution in [0.4, 0.5) is 0 Å². The minimum Gasteiger partial charge on any atom is -0.496 e. The van der Waals surface area contributed by atoms with Crippen molar-refractivity contribution in [2.24, 2.45) is 28.7 Å². The molecule has 0 aliphatic rings. The summed E-state index contributed by atoms with van der Waals surface area (Å²) in [5.41, 5.74) is 30.5. The van der Waals surface area contributed by atoms with Crippen LogP contribution in [0.5, 0.6) is 23.0 Å². The quantitative estimate of drug-likeness (QED) is 0.0283. The predicted molar refractivity (Wildman–Crippen MR) is 330 cm³/mol. The molecule has 4 aromatic carbocycles. The highest BCUT2D eigenvalue weighted by Crippen LogP contribution is 2.27. The Bertz CT molecular complexity index is 3060. The van der Waals surface area contributed by atoms with Gasteiger partial charge in [0.2, 0.25) is 5.91 Å². The van der Waals surface area contributed by atoms with E-state index in [1.54, 1.807) is 24.3 Å². The number of carboxylic acids is 1. The molecule has 5 amide bonds. The van der Waals surface area contributed by atoms with Gasteiger partial charge >= 0.3 is 5.97 Å². The molecule has 0 aromatic heterocycles. The molecule has 0 aliphatic heterocycles. The van der Waals surface area contributed by atoms with E-state index in [0.717, 1.165) is 0 Å². The van der Waals surface area contributed by atoms with E-state index in [-0.39, 0.29) is 115 Å². The van der Waals surface area contributed by atoms with Gasteiger partial charge in [0.1, 0.15) is 23.0 Å². The number of hydrogen-bond acceptors (Lipinski definition) is 18. The highest BCUT2D eigenvalue weighted by molar-refractivity contribution is 6.04. The molecule has 24 nitrogen and oxygen atoms in total. The summed E-state index contributed by atoms with van der Waals surface area (Å²) in [4.78, 5) is 135. The minimum atomic E-state index is -1.16. The molecule has 0 radical (unpaired) electrons. The summed E-state index contributed by atoms with van der Waals surface area (Å²) < 4.78 is 21.9. The molecule has 0 aliphatic carbocycles. The standard InChI is InChI=1S/C64H87N9O15/c1-85-55-21-17-39(31-43(55)61(69)81)35-52(75)48(14-6-10-28-66)71-63(83)45-33-41(19-23-57(45)87-3)37-54(77)50(16-8-12-30-68)73-64(84)46-34-42(20-24-58(46)88-4)38-53(76)49(15-7-11-29-67)72-62(82)44-32-40(18-22-56(44)86-2)36-51(74)47(13-5-9-27-65)70-59(78)25-26-60(79)80/h17-24,31-34,47-50H,5-16,25-30,35-38,65-68H2,1-4H3,(H2,69,81)(H,70,78)(H,71,83)(H,72,82)(H,73,84)(H,79,80)/t47-,48-,49-,50-/m0/s1. The Morgan fingerprint density at radius 3 is 0.898 bits per heavy atom. The SMILES string of the molecule is COc1ccc(CC(=O)[C@H](CCCCN)NC(=O)c2cc(CC(=O)[C@H](CCCCN)NC(=O)c3cc(CC(=O)[C@H](CCCCN)NC(=O)c4cc(CC(=O)[C@H](CCCCN)NC(=O)CCC(=O)O)ccc4OC)ccc3OC)ccc2OC)cc1C(N)=O. The van der Waals surface area contributed by atoms with Gasteiger partial charge in [-0.25, -0.2) is 0 Å². The third-order valence-corrected chi connectivity index (χ3v) is 14.7. The van der Waals surface area contributed by atoms with Crippen molar-refractivity contribution < 1.29 is 72.0 Å². The first kappa shape index (κ1) is 71.9. The summed E-state index contributed by atoms with van der Waals surface area (Å²) in [6.45, 7) is 1.39. The van der Waals surface area contributed by atoms with Crippen molar-refractivity contribution in [3.63, 3.8) is 0 Å². The zero-order valence-corrected chi connectivity index (χ0v) is 50.8. The van der Waals surface area contributed by atoms with Crippen molar-refractivity contribution >= 4 is 58.6 Å². The third kappa shape index (κ3) is 22.9. The number of Topliss-reactive ketones (excluding diaryl/α,β-unsaturated/α-hetero) is 4. The number of nitrogens with one attached hydrogen (secondary N) is 4. The van der Waals surface area contributed by atoms with Gasteiger partial charge in [-0.1, -0.05) is 24.3 Å². The maximum absolute atomic E-state index is 14.4. The highest BCUT2D eigenvalue weighted by Gasteiger charge is 2.29. The van der Waals surface area contributed by atoms with Crippen molar-refractivity contribution in [2.45, 2.75) is 140 Å². The van der Waals surface area contributed by atoms with Crippen LogP contribution in [0.15, 0.2) is 72.8 Å². The average molecular weight is 1220 g/mol. The molecule has 0 fully saturated rings. The van der Waals surface area contributed by atoms with Crippen LogP contribution in [0, 0.1) is 0 Å². The molecule has 4 aromatic rings. The zero-order valence-electron chi connectivity index (χ0n) is 50.8. The monoisotopic (exact) mass is 1220 g/mol. The highest BCUT2D eigenvalue weighted by atomic mass is 16.5. The van der Waals surface area contributed by atoms with Crippen molar-refractivity contribution in [3.05, 3.63) is 117 Å². The number of carbonyl (C=O) groups is 10. The van der Waals surface area contributed by atoms with Gasteiger partial charge in [0, 0.05) is 32.1 Å². The van der Waals surface area contributed by atoms with Crippen LogP contribution < -0.4 is 68.9 Å². The second-order valence-corrected chi connectivity index (χ2v) is 21.3. The molecular weight excluding hydrogens is 1130 g/mol. The Balaban J connectivity index is 1.56. The van der Waals surface area contributed by atoms with Crippen LogP contribution in [0.3, 0.4) is 0 Å². The molecule has 0 heterocycles. The van der Waals surface area contributed by atoms with E-state index in [4.69, 9.17) is 52.7 Å². The number of carbonyl (C=O) groups excluding carboxylic acids is 9. The van der Waals surface area contributed by atoms with Crippen LogP contribution in [0.1, 0.15) is 154 Å². The zero-order chi connectivity index (χ0) is 64.7. The fourth-order valence-corrected chi connectivity index (χ4v) is 9.90. The maximum atomic E-state index is 14.4. The van der Waals surface area contributed by atoms with E-state index in [1.165, 1.54) is 77.0 Å². The summed E-state index contributed by atoms with van der Waals surface area (Å²) in [5.74, 6) is -5.29. The van der Waals surface area contributed by atoms with Crippen molar-refractivity contribution in [1.82, 2.24) is 21.3 Å². The Morgan fingerprint density at radius 2 is 0.648 bits per heavy atom. The topological polar surface area (TPSA) is 406 Å². The van der Waals surface area contributed by atoms with E-state index in [0.29, 0.717) is 99.8 Å². The Morgan fingerprint density at radius 1 is 0.386 bits per heavy atom. The number of hydrogen-bond donors (Lipinski definition) is 10. The molecule has 24 heteroatoms. The second-order valence-electron chi connectivity index (χ2n) is 21.3. The maximum Gasteiger partial charge on any atom is 0.303 e. The van der Waals surface area contributed by atoms with Gasteiger partial charge < -0.3 is 74.0 Å². The van der Waals surface area contributed by atoms with E-state index >= 15 is 0 Å². The number of amides is 5. The first-order valence-electron chi connectivity index (χ1n) is 29.6. The van der Waals surface area contributed by atoms with Gasteiger partial charge in [-0.2, -0.15) is 0 Å². The Labute approximate surface area is 513 Å². The van der Waals surface area contributed by atoms with Crippen molar-refractivity contribution in [3.8, 4) is 23.0 Å². The summed E-state index contributed by atoms with van der Waals surface area (Å²) in [6.07, 6.45) is 3.62. The molecule has 88 heavy (non-hydrogen) atoms. The van der Waals surface area contributed by atoms with Gasteiger partial charge in [-0.05, 0) is 174 Å². The van der Waals surface area contributed by atoms with Crippen LogP contribution in [0.25, 0.3) is 0 Å². The molecule has 0 bridgehead atoms. The van der Waals surface area contributed by atoms with Crippen molar-refractivity contribution in [1.29, 1.82) is 0 Å². The lowest BCUT2D eigenvalue weighted by Crippen LogP contribution is -2.42. The number of primary amides is 1. The van der Waals surface area contributed by atoms with Gasteiger partial charge in [-0.3, -0.25) is 47.9 Å². The van der Waals surface area contributed by atoms with Crippen molar-refractivity contribution in [2.75, 3.05) is 54.6 Å². The minimum absolute atomic E-state index is 0.0185. The summed E-state index contributed by atoms with van der Waals surface area (Å²) >= 11 is 0. The van der Waals surface area contributed by atoms with Crippen LogP contribution in [-0.4, -0.2) is 143 Å². The number of carboxylic acid groups (broad SMARTS) is 1. The number of ether oxygens (including phenoxy) is 4. The first-order valence-corrected chi connectivity index (χ1v) is 29.6. The summed E-state index contributed by atoms with van der Waals surface area (Å²) in [5, 5.41) is 20.3. The molecule has 0 saturated carbocycles. The first-order chi connectivity index (χ1) is 42.2. The molecular formula is C64H87N9O15.